The predicted molar refractivity (Wildman–Crippen MR) is 93.0 cm³/mol. The van der Waals surface area contributed by atoms with Crippen molar-refractivity contribution in [3.05, 3.63) is 22.2 Å². The van der Waals surface area contributed by atoms with Crippen LogP contribution in [0.25, 0.3) is 0 Å². The molecule has 0 radical (unpaired) electrons. The predicted octanol–water partition coefficient (Wildman–Crippen LogP) is 1.94. The number of pyridine rings is 1. The van der Waals surface area contributed by atoms with Crippen molar-refractivity contribution in [2.45, 2.75) is 57.6 Å². The second-order valence-electron chi connectivity index (χ2n) is 6.59. The molecule has 1 aliphatic carbocycles. The van der Waals surface area contributed by atoms with Crippen molar-refractivity contribution in [3.63, 3.8) is 0 Å². The Labute approximate surface area is 150 Å². The van der Waals surface area contributed by atoms with Crippen LogP contribution in [0.5, 0.6) is 5.75 Å². The average molecular weight is 362 g/mol. The third kappa shape index (κ3) is 3.76. The van der Waals surface area contributed by atoms with Crippen LogP contribution in [-0.2, 0) is 9.59 Å². The number of carbonyl (C=O) groups is 2. The summed E-state index contributed by atoms with van der Waals surface area (Å²) in [7, 11) is 0. The molecule has 1 atom stereocenters. The summed E-state index contributed by atoms with van der Waals surface area (Å²) in [5, 5.41) is 14.0. The number of aromatic nitrogens is 1. The number of nitro groups is 1. The highest BCUT2D eigenvalue weighted by Crippen LogP contribution is 2.34. The maximum Gasteiger partial charge on any atom is 0.366 e. The average Bonchev–Trinajstić information content (AvgIpc) is 2.64. The molecule has 26 heavy (non-hydrogen) atoms. The number of hydrogen-bond donors (Lipinski definition) is 1. The summed E-state index contributed by atoms with van der Waals surface area (Å²) in [5.41, 5.74) is 0. The maximum absolute atomic E-state index is 12.6. The van der Waals surface area contributed by atoms with E-state index in [0.29, 0.717) is 6.42 Å². The summed E-state index contributed by atoms with van der Waals surface area (Å²) < 4.78 is 5.58. The molecule has 1 aromatic heterocycles. The molecule has 0 saturated heterocycles. The first-order valence-corrected chi connectivity index (χ1v) is 8.92. The first-order valence-electron chi connectivity index (χ1n) is 8.92. The Balaban J connectivity index is 1.81. The second-order valence-corrected chi connectivity index (χ2v) is 6.59. The minimum absolute atomic E-state index is 0.0210. The van der Waals surface area contributed by atoms with E-state index in [1.807, 2.05) is 0 Å². The van der Waals surface area contributed by atoms with Gasteiger partial charge in [0, 0.05) is 12.1 Å². The normalized spacial score (nSPS) is 20.3. The molecule has 1 saturated carbocycles. The van der Waals surface area contributed by atoms with Crippen LogP contribution in [0.4, 0.5) is 11.6 Å². The van der Waals surface area contributed by atoms with E-state index in [2.05, 4.69) is 10.3 Å². The lowest BCUT2D eigenvalue weighted by molar-refractivity contribution is -0.389. The molecular formula is C17H22N4O5. The third-order valence-corrected chi connectivity index (χ3v) is 4.72. The van der Waals surface area contributed by atoms with Gasteiger partial charge in [-0.05, 0) is 35.2 Å². The number of carbonyl (C=O) groups excluding carboxylic acids is 2. The molecule has 1 N–H and O–H groups in total. The lowest BCUT2D eigenvalue weighted by Crippen LogP contribution is -2.51. The van der Waals surface area contributed by atoms with Crippen molar-refractivity contribution in [1.82, 2.24) is 10.3 Å². The fourth-order valence-corrected chi connectivity index (χ4v) is 3.37. The summed E-state index contributed by atoms with van der Waals surface area (Å²) in [6, 6.07) is 2.76. The zero-order valence-corrected chi connectivity index (χ0v) is 14.6. The van der Waals surface area contributed by atoms with E-state index >= 15 is 0 Å². The van der Waals surface area contributed by atoms with Gasteiger partial charge in [-0.15, -0.1) is 0 Å². The minimum Gasteiger partial charge on any atom is -0.474 e. The van der Waals surface area contributed by atoms with Crippen LogP contribution in [0.1, 0.15) is 45.4 Å². The summed E-state index contributed by atoms with van der Waals surface area (Å²) in [6.07, 6.45) is 4.89. The molecule has 140 valence electrons. The van der Waals surface area contributed by atoms with Crippen LogP contribution in [0.2, 0.25) is 0 Å². The molecule has 2 heterocycles. The summed E-state index contributed by atoms with van der Waals surface area (Å²) >= 11 is 0. The fraction of sp³-hybridized carbons (Fsp3) is 0.588. The lowest BCUT2D eigenvalue weighted by Gasteiger charge is -2.31. The molecule has 3 rings (SSSR count). The number of ether oxygens (including phenoxy) is 1. The molecular weight excluding hydrogens is 340 g/mol. The quantitative estimate of drug-likeness (QED) is 0.632. The fourth-order valence-electron chi connectivity index (χ4n) is 3.37. The summed E-state index contributed by atoms with van der Waals surface area (Å²) in [5.74, 6) is -0.805. The molecule has 9 nitrogen and oxygen atoms in total. The van der Waals surface area contributed by atoms with Crippen molar-refractivity contribution in [1.29, 1.82) is 0 Å². The van der Waals surface area contributed by atoms with Crippen molar-refractivity contribution in [2.24, 2.45) is 0 Å². The Morgan fingerprint density at radius 1 is 1.38 bits per heavy atom. The standard InChI is InChI=1S/C17H22N4O5/c1-2-12-17(23)20(10-15(22)18-11-6-4-3-5-7-11)16-13(26-12)8-9-14(19-16)21(24)25/h8-9,11-12H,2-7,10H2,1H3,(H,18,22). The van der Waals surface area contributed by atoms with Crippen LogP contribution in [-0.4, -0.2) is 40.4 Å². The Bertz CT molecular complexity index is 717. The summed E-state index contributed by atoms with van der Waals surface area (Å²) in [4.78, 5) is 40.5. The van der Waals surface area contributed by atoms with Crippen molar-refractivity contribution >= 4 is 23.5 Å². The number of hydrogen-bond acceptors (Lipinski definition) is 6. The third-order valence-electron chi connectivity index (χ3n) is 4.72. The molecule has 9 heteroatoms. The van der Waals surface area contributed by atoms with E-state index in [1.54, 1.807) is 6.92 Å². The van der Waals surface area contributed by atoms with E-state index in [4.69, 9.17) is 4.74 Å². The van der Waals surface area contributed by atoms with E-state index < -0.39 is 22.8 Å². The first kappa shape index (κ1) is 18.1. The SMILES string of the molecule is CCC1Oc2ccc([N+](=O)[O-])nc2N(CC(=O)NC2CCCCC2)C1=O. The molecule has 0 spiro atoms. The number of fused-ring (bicyclic) bond motifs is 1. The van der Waals surface area contributed by atoms with E-state index in [0.717, 1.165) is 25.7 Å². The van der Waals surface area contributed by atoms with Gasteiger partial charge in [0.2, 0.25) is 5.91 Å². The molecule has 1 aromatic rings. The Morgan fingerprint density at radius 3 is 2.77 bits per heavy atom. The highest BCUT2D eigenvalue weighted by molar-refractivity contribution is 6.03. The van der Waals surface area contributed by atoms with E-state index in [1.165, 1.54) is 23.5 Å². The van der Waals surface area contributed by atoms with Gasteiger partial charge in [0.15, 0.2) is 11.9 Å². The lowest BCUT2D eigenvalue weighted by atomic mass is 9.95. The van der Waals surface area contributed by atoms with Crippen LogP contribution < -0.4 is 15.0 Å². The van der Waals surface area contributed by atoms with Crippen LogP contribution >= 0.6 is 0 Å². The minimum atomic E-state index is -0.728. The van der Waals surface area contributed by atoms with Crippen LogP contribution in [0.15, 0.2) is 12.1 Å². The van der Waals surface area contributed by atoms with Crippen LogP contribution in [0, 0.1) is 10.1 Å². The van der Waals surface area contributed by atoms with Gasteiger partial charge in [-0.3, -0.25) is 14.5 Å². The van der Waals surface area contributed by atoms with Gasteiger partial charge < -0.3 is 20.2 Å². The number of anilines is 1. The largest absolute Gasteiger partial charge is 0.474 e. The van der Waals surface area contributed by atoms with Gasteiger partial charge in [0.1, 0.15) is 6.54 Å². The molecule has 2 amide bonds. The van der Waals surface area contributed by atoms with Gasteiger partial charge in [-0.25, -0.2) is 0 Å². The maximum atomic E-state index is 12.6. The second kappa shape index (κ2) is 7.67. The van der Waals surface area contributed by atoms with Gasteiger partial charge in [0.05, 0.1) is 0 Å². The van der Waals surface area contributed by atoms with E-state index in [9.17, 15) is 19.7 Å². The topological polar surface area (TPSA) is 115 Å². The molecule has 0 aromatic carbocycles. The number of nitrogens with zero attached hydrogens (tertiary/aromatic N) is 3. The van der Waals surface area contributed by atoms with E-state index in [-0.39, 0.29) is 30.1 Å². The van der Waals surface area contributed by atoms with Gasteiger partial charge in [-0.1, -0.05) is 26.2 Å². The number of amides is 2. The van der Waals surface area contributed by atoms with Gasteiger partial charge in [-0.2, -0.15) is 0 Å². The van der Waals surface area contributed by atoms with Crippen molar-refractivity contribution in [2.75, 3.05) is 11.4 Å². The first-order chi connectivity index (χ1) is 12.5. The van der Waals surface area contributed by atoms with Crippen molar-refractivity contribution < 1.29 is 19.2 Å². The number of rotatable bonds is 5. The van der Waals surface area contributed by atoms with Gasteiger partial charge >= 0.3 is 5.82 Å². The van der Waals surface area contributed by atoms with Crippen molar-refractivity contribution in [3.8, 4) is 5.75 Å². The monoisotopic (exact) mass is 362 g/mol. The molecule has 1 fully saturated rings. The molecule has 1 unspecified atom stereocenters. The zero-order valence-electron chi connectivity index (χ0n) is 14.6. The molecule has 1 aliphatic heterocycles. The molecule has 0 bridgehead atoms. The van der Waals surface area contributed by atoms with Crippen LogP contribution in [0.3, 0.4) is 0 Å². The summed E-state index contributed by atoms with van der Waals surface area (Å²) in [6.45, 7) is 1.57. The molecule has 2 aliphatic rings. The smallest absolute Gasteiger partial charge is 0.366 e. The highest BCUT2D eigenvalue weighted by atomic mass is 16.6. The Kier molecular flexibility index (Phi) is 5.34. The Morgan fingerprint density at radius 2 is 2.12 bits per heavy atom. The Hall–Kier alpha value is -2.71. The highest BCUT2D eigenvalue weighted by Gasteiger charge is 2.39. The number of nitrogens with one attached hydrogen (secondary N) is 1. The zero-order chi connectivity index (χ0) is 18.7. The van der Waals surface area contributed by atoms with Gasteiger partial charge in [0.25, 0.3) is 11.7 Å².